The first-order valence-electron chi connectivity index (χ1n) is 8.49. The number of aromatic amines is 1. The quantitative estimate of drug-likeness (QED) is 0.595. The molecule has 2 N–H and O–H groups in total. The van der Waals surface area contributed by atoms with Crippen LogP contribution in [-0.4, -0.2) is 17.4 Å². The van der Waals surface area contributed by atoms with Crippen molar-refractivity contribution in [2.24, 2.45) is 16.8 Å². The number of halogens is 2. The average Bonchev–Trinajstić information content (AvgIpc) is 3.02. The van der Waals surface area contributed by atoms with Crippen LogP contribution >= 0.6 is 11.6 Å². The summed E-state index contributed by atoms with van der Waals surface area (Å²) >= 11 is 5.74. The minimum absolute atomic E-state index is 0.158. The van der Waals surface area contributed by atoms with Gasteiger partial charge in [0.2, 0.25) is 0 Å². The lowest BCUT2D eigenvalue weighted by Crippen LogP contribution is -2.28. The Balaban J connectivity index is 0.000000196. The molecular formula is C20H25ClFN3. The summed E-state index contributed by atoms with van der Waals surface area (Å²) < 4.78 is 13.7. The number of aromatic nitrogens is 1. The molecule has 1 heterocycles. The summed E-state index contributed by atoms with van der Waals surface area (Å²) in [6.45, 7) is 9.45. The maximum absolute atomic E-state index is 13.7. The number of benzene rings is 1. The second-order valence-corrected chi connectivity index (χ2v) is 7.13. The number of hydrogen-bond donors (Lipinski definition) is 2. The predicted molar refractivity (Wildman–Crippen MR) is 104 cm³/mol. The molecule has 1 aliphatic carbocycles. The first-order valence-corrected chi connectivity index (χ1v) is 8.87. The maximum Gasteiger partial charge on any atom is 0.138 e. The molecule has 0 saturated heterocycles. The van der Waals surface area contributed by atoms with Gasteiger partial charge in [-0.15, -0.1) is 0 Å². The number of rotatable bonds is 4. The normalized spacial score (nSPS) is 20.0. The second-order valence-electron chi connectivity index (χ2n) is 6.70. The van der Waals surface area contributed by atoms with E-state index in [1.54, 1.807) is 19.2 Å². The van der Waals surface area contributed by atoms with Gasteiger partial charge in [-0.3, -0.25) is 0 Å². The van der Waals surface area contributed by atoms with Crippen LogP contribution in [0.3, 0.4) is 0 Å². The van der Waals surface area contributed by atoms with E-state index in [1.807, 2.05) is 12.1 Å². The van der Waals surface area contributed by atoms with Crippen LogP contribution in [0.5, 0.6) is 0 Å². The van der Waals surface area contributed by atoms with E-state index in [-0.39, 0.29) is 5.82 Å². The van der Waals surface area contributed by atoms with Crippen LogP contribution in [0.4, 0.5) is 10.2 Å². The lowest BCUT2D eigenvalue weighted by molar-refractivity contribution is 0.164. The molecule has 1 fully saturated rings. The van der Waals surface area contributed by atoms with Gasteiger partial charge in [-0.25, -0.2) is 9.38 Å². The van der Waals surface area contributed by atoms with E-state index < -0.39 is 0 Å². The van der Waals surface area contributed by atoms with Crippen LogP contribution in [0, 0.1) is 23.1 Å². The highest BCUT2D eigenvalue weighted by atomic mass is 35.5. The number of hydrogen-bond acceptors (Lipinski definition) is 2. The van der Waals surface area contributed by atoms with E-state index in [0.717, 1.165) is 17.0 Å². The van der Waals surface area contributed by atoms with Crippen LogP contribution in [-0.2, 0) is 0 Å². The van der Waals surface area contributed by atoms with Crippen molar-refractivity contribution in [3.05, 3.63) is 52.4 Å². The number of aliphatic imine (C=N–C) groups is 1. The molecule has 0 radical (unpaired) electrons. The lowest BCUT2D eigenvalue weighted by Gasteiger charge is -2.38. The highest BCUT2D eigenvalue weighted by molar-refractivity contribution is 6.30. The van der Waals surface area contributed by atoms with E-state index in [4.69, 9.17) is 17.0 Å². The van der Waals surface area contributed by atoms with Gasteiger partial charge in [0.1, 0.15) is 11.6 Å². The molecule has 0 bridgehead atoms. The SMILES string of the molecule is C=Nc1[nH]ccc1C(C)=N.CC1CCC1[C@H](C)c1ccc(Cl)cc1F. The summed E-state index contributed by atoms with van der Waals surface area (Å²) in [5.74, 6) is 2.20. The van der Waals surface area contributed by atoms with Gasteiger partial charge in [0, 0.05) is 22.5 Å². The Morgan fingerprint density at radius 1 is 1.40 bits per heavy atom. The smallest absolute Gasteiger partial charge is 0.138 e. The van der Waals surface area contributed by atoms with Gasteiger partial charge in [-0.05, 0) is 61.6 Å². The van der Waals surface area contributed by atoms with Crippen molar-refractivity contribution < 1.29 is 4.39 Å². The molecular weight excluding hydrogens is 337 g/mol. The van der Waals surface area contributed by atoms with Crippen LogP contribution in [0.2, 0.25) is 5.02 Å². The molecule has 3 atom stereocenters. The van der Waals surface area contributed by atoms with Gasteiger partial charge >= 0.3 is 0 Å². The minimum Gasteiger partial charge on any atom is -0.346 e. The van der Waals surface area contributed by atoms with Gasteiger partial charge in [0.25, 0.3) is 0 Å². The number of H-pyrrole nitrogens is 1. The lowest BCUT2D eigenvalue weighted by atomic mass is 9.67. The summed E-state index contributed by atoms with van der Waals surface area (Å²) in [4.78, 5) is 6.57. The Labute approximate surface area is 153 Å². The van der Waals surface area contributed by atoms with E-state index in [1.165, 1.54) is 18.9 Å². The largest absolute Gasteiger partial charge is 0.346 e. The minimum atomic E-state index is -0.158. The summed E-state index contributed by atoms with van der Waals surface area (Å²) in [5.41, 5.74) is 2.13. The zero-order valence-corrected chi connectivity index (χ0v) is 15.7. The molecule has 1 aliphatic rings. The van der Waals surface area contributed by atoms with Crippen molar-refractivity contribution in [3.8, 4) is 0 Å². The second kappa shape index (κ2) is 8.43. The molecule has 0 spiro atoms. The molecule has 1 aromatic carbocycles. The van der Waals surface area contributed by atoms with E-state index in [9.17, 15) is 4.39 Å². The van der Waals surface area contributed by atoms with Gasteiger partial charge in [0.05, 0.1) is 0 Å². The average molecular weight is 362 g/mol. The van der Waals surface area contributed by atoms with Crippen LogP contribution in [0.15, 0.2) is 35.5 Å². The third-order valence-corrected chi connectivity index (χ3v) is 5.30. The third kappa shape index (κ3) is 4.57. The van der Waals surface area contributed by atoms with E-state index in [2.05, 4.69) is 30.5 Å². The Bertz CT molecular complexity index is 753. The Hall–Kier alpha value is -1.94. The first kappa shape index (κ1) is 19.4. The summed E-state index contributed by atoms with van der Waals surface area (Å²) in [6, 6.07) is 6.83. The fraction of sp³-hybridized carbons (Fsp3) is 0.400. The van der Waals surface area contributed by atoms with Crippen molar-refractivity contribution in [1.29, 1.82) is 5.41 Å². The standard InChI is InChI=1S/C13H16ClF.C7H9N3/c1-8-3-5-11(8)9(2)12-6-4-10(14)7-13(12)15;1-5(8)6-3-4-10-7(6)9-2/h4,6-9,11H,3,5H2,1-2H3;3-4,8,10H,2H2,1H3/t8?,9-,11?;/m0./s1. The highest BCUT2D eigenvalue weighted by Crippen LogP contribution is 2.44. The number of nitrogens with zero attached hydrogens (tertiary/aromatic N) is 1. The van der Waals surface area contributed by atoms with Crippen molar-refractivity contribution >= 4 is 29.8 Å². The molecule has 1 aromatic heterocycles. The Morgan fingerprint density at radius 2 is 2.12 bits per heavy atom. The molecule has 1 saturated carbocycles. The van der Waals surface area contributed by atoms with Crippen LogP contribution in [0.1, 0.15) is 50.7 Å². The zero-order valence-electron chi connectivity index (χ0n) is 14.9. The zero-order chi connectivity index (χ0) is 18.6. The highest BCUT2D eigenvalue weighted by Gasteiger charge is 2.33. The molecule has 3 rings (SSSR count). The summed E-state index contributed by atoms with van der Waals surface area (Å²) in [7, 11) is 0. The monoisotopic (exact) mass is 361 g/mol. The molecule has 2 aromatic rings. The van der Waals surface area contributed by atoms with Crippen molar-refractivity contribution in [2.75, 3.05) is 0 Å². The molecule has 2 unspecified atom stereocenters. The summed E-state index contributed by atoms with van der Waals surface area (Å²) in [6.07, 6.45) is 4.26. The molecule has 5 heteroatoms. The summed E-state index contributed by atoms with van der Waals surface area (Å²) in [5, 5.41) is 7.77. The van der Waals surface area contributed by atoms with E-state index in [0.29, 0.717) is 28.4 Å². The molecule has 3 nitrogen and oxygen atoms in total. The maximum atomic E-state index is 13.7. The fourth-order valence-corrected chi connectivity index (χ4v) is 3.49. The van der Waals surface area contributed by atoms with Gasteiger partial charge in [0.15, 0.2) is 0 Å². The topological polar surface area (TPSA) is 52.0 Å². The van der Waals surface area contributed by atoms with Crippen molar-refractivity contribution in [1.82, 2.24) is 4.98 Å². The van der Waals surface area contributed by atoms with Crippen LogP contribution < -0.4 is 0 Å². The van der Waals surface area contributed by atoms with Crippen LogP contribution in [0.25, 0.3) is 0 Å². The fourth-order valence-electron chi connectivity index (χ4n) is 3.33. The first-order chi connectivity index (χ1) is 11.8. The van der Waals surface area contributed by atoms with Gasteiger partial charge < -0.3 is 10.4 Å². The number of nitrogens with one attached hydrogen (secondary N) is 2. The molecule has 0 aliphatic heterocycles. The van der Waals surface area contributed by atoms with Crippen molar-refractivity contribution in [2.45, 2.75) is 39.5 Å². The Kier molecular flexibility index (Phi) is 6.54. The van der Waals surface area contributed by atoms with Gasteiger partial charge in [-0.2, -0.15) is 0 Å². The Morgan fingerprint density at radius 3 is 2.56 bits per heavy atom. The third-order valence-electron chi connectivity index (χ3n) is 5.07. The van der Waals surface area contributed by atoms with Crippen molar-refractivity contribution in [3.63, 3.8) is 0 Å². The predicted octanol–water partition coefficient (Wildman–Crippen LogP) is 6.36. The van der Waals surface area contributed by atoms with Gasteiger partial charge in [-0.1, -0.05) is 37.9 Å². The molecule has 0 amide bonds. The molecule has 25 heavy (non-hydrogen) atoms. The molecule has 134 valence electrons. The van der Waals surface area contributed by atoms with E-state index >= 15 is 0 Å².